The molecule has 0 unspecified atom stereocenters. The summed E-state index contributed by atoms with van der Waals surface area (Å²) in [5.41, 5.74) is 2.99. The number of amides is 2. The summed E-state index contributed by atoms with van der Waals surface area (Å²) in [7, 11) is 0. The van der Waals surface area contributed by atoms with Crippen LogP contribution >= 0.6 is 23.4 Å². The van der Waals surface area contributed by atoms with E-state index in [0.717, 1.165) is 22.6 Å². The Morgan fingerprint density at radius 1 is 1.03 bits per heavy atom. The highest BCUT2D eigenvalue weighted by atomic mass is 35.5. The summed E-state index contributed by atoms with van der Waals surface area (Å²) in [5.74, 6) is -0.619. The lowest BCUT2D eigenvalue weighted by Crippen LogP contribution is -2.47. The number of benzene rings is 3. The van der Waals surface area contributed by atoms with Gasteiger partial charge in [-0.05, 0) is 41.8 Å². The first-order valence-electron chi connectivity index (χ1n) is 10.7. The summed E-state index contributed by atoms with van der Waals surface area (Å²) in [4.78, 5) is 29.2. The Morgan fingerprint density at radius 3 is 2.53 bits per heavy atom. The predicted octanol–water partition coefficient (Wildman–Crippen LogP) is 5.34. The molecule has 1 heterocycles. The molecule has 0 bridgehead atoms. The van der Waals surface area contributed by atoms with Crippen molar-refractivity contribution < 1.29 is 9.59 Å². The number of fused-ring (bicyclic) bond motifs is 1. The highest BCUT2D eigenvalue weighted by molar-refractivity contribution is 8.01. The summed E-state index contributed by atoms with van der Waals surface area (Å²) in [5, 5.41) is 3.16. The SMILES string of the molecule is C[C@@H](C(=O)NCCc1ccccc1)[C@@H]1Sc2ccccc2N(Cc2cccc(Cl)c2)C1=O. The number of halogens is 1. The number of hydrogen-bond acceptors (Lipinski definition) is 3. The first-order valence-corrected chi connectivity index (χ1v) is 11.9. The van der Waals surface area contributed by atoms with Gasteiger partial charge in [-0.15, -0.1) is 11.8 Å². The fraction of sp³-hybridized carbons (Fsp3) is 0.231. The molecule has 1 aliphatic rings. The number of carbonyl (C=O) groups is 2. The summed E-state index contributed by atoms with van der Waals surface area (Å²) >= 11 is 7.62. The minimum absolute atomic E-state index is 0.0561. The van der Waals surface area contributed by atoms with Gasteiger partial charge < -0.3 is 10.2 Å². The van der Waals surface area contributed by atoms with E-state index in [-0.39, 0.29) is 11.8 Å². The normalized spacial score (nSPS) is 16.4. The molecule has 0 spiro atoms. The molecule has 0 fully saturated rings. The average Bonchev–Trinajstić information content (AvgIpc) is 2.81. The molecular weight excluding hydrogens is 440 g/mol. The molecular formula is C26H25ClN2O2S. The Morgan fingerprint density at radius 2 is 1.75 bits per heavy atom. The van der Waals surface area contributed by atoms with Crippen LogP contribution in [-0.2, 0) is 22.6 Å². The van der Waals surface area contributed by atoms with Crippen molar-refractivity contribution in [1.82, 2.24) is 5.32 Å². The molecule has 2 atom stereocenters. The number of nitrogens with one attached hydrogen (secondary N) is 1. The maximum Gasteiger partial charge on any atom is 0.241 e. The largest absolute Gasteiger partial charge is 0.355 e. The van der Waals surface area contributed by atoms with Crippen molar-refractivity contribution in [2.24, 2.45) is 5.92 Å². The minimum atomic E-state index is -0.485. The van der Waals surface area contributed by atoms with Crippen LogP contribution in [0.4, 0.5) is 5.69 Å². The van der Waals surface area contributed by atoms with Crippen LogP contribution in [0, 0.1) is 5.92 Å². The molecule has 0 radical (unpaired) electrons. The van der Waals surface area contributed by atoms with Crippen molar-refractivity contribution in [1.29, 1.82) is 0 Å². The zero-order valence-corrected chi connectivity index (χ0v) is 19.4. The van der Waals surface area contributed by atoms with Gasteiger partial charge in [0, 0.05) is 16.5 Å². The third-order valence-electron chi connectivity index (χ3n) is 5.57. The highest BCUT2D eigenvalue weighted by Crippen LogP contribution is 2.42. The van der Waals surface area contributed by atoms with E-state index in [1.807, 2.05) is 85.8 Å². The smallest absolute Gasteiger partial charge is 0.241 e. The molecule has 0 saturated heterocycles. The monoisotopic (exact) mass is 464 g/mol. The van der Waals surface area contributed by atoms with Gasteiger partial charge in [-0.1, -0.05) is 73.1 Å². The number of anilines is 1. The Labute approximate surface area is 198 Å². The van der Waals surface area contributed by atoms with Crippen LogP contribution < -0.4 is 10.2 Å². The van der Waals surface area contributed by atoms with Crippen LogP contribution in [-0.4, -0.2) is 23.6 Å². The number of thioether (sulfide) groups is 1. The lowest BCUT2D eigenvalue weighted by molar-refractivity contribution is -0.128. The highest BCUT2D eigenvalue weighted by Gasteiger charge is 2.39. The second kappa shape index (κ2) is 10.2. The van der Waals surface area contributed by atoms with Crippen LogP contribution in [0.5, 0.6) is 0 Å². The van der Waals surface area contributed by atoms with E-state index in [1.54, 1.807) is 4.90 Å². The van der Waals surface area contributed by atoms with Crippen molar-refractivity contribution >= 4 is 40.9 Å². The van der Waals surface area contributed by atoms with Gasteiger partial charge in [0.2, 0.25) is 11.8 Å². The van der Waals surface area contributed by atoms with Gasteiger partial charge in [-0.3, -0.25) is 9.59 Å². The lowest BCUT2D eigenvalue weighted by Gasteiger charge is -2.35. The number of rotatable bonds is 7. The number of para-hydroxylation sites is 1. The van der Waals surface area contributed by atoms with Gasteiger partial charge >= 0.3 is 0 Å². The van der Waals surface area contributed by atoms with E-state index in [2.05, 4.69) is 5.32 Å². The van der Waals surface area contributed by atoms with Crippen LogP contribution in [0.1, 0.15) is 18.1 Å². The number of hydrogen-bond donors (Lipinski definition) is 1. The minimum Gasteiger partial charge on any atom is -0.355 e. The number of nitrogens with zero attached hydrogens (tertiary/aromatic N) is 1. The molecule has 0 saturated carbocycles. The second-order valence-electron chi connectivity index (χ2n) is 7.88. The van der Waals surface area contributed by atoms with Crippen LogP contribution in [0.25, 0.3) is 0 Å². The Hall–Kier alpha value is -2.76. The zero-order chi connectivity index (χ0) is 22.5. The van der Waals surface area contributed by atoms with E-state index in [9.17, 15) is 9.59 Å². The fourth-order valence-corrected chi connectivity index (χ4v) is 5.31. The van der Waals surface area contributed by atoms with Crippen LogP contribution in [0.2, 0.25) is 5.02 Å². The maximum absolute atomic E-state index is 13.5. The molecule has 4 rings (SSSR count). The van der Waals surface area contributed by atoms with Gasteiger partial charge in [0.1, 0.15) is 5.25 Å². The lowest BCUT2D eigenvalue weighted by atomic mass is 10.0. The number of carbonyl (C=O) groups excluding carboxylic acids is 2. The van der Waals surface area contributed by atoms with E-state index in [0.29, 0.717) is 18.1 Å². The van der Waals surface area contributed by atoms with Gasteiger partial charge in [-0.2, -0.15) is 0 Å². The Kier molecular flexibility index (Phi) is 7.18. The predicted molar refractivity (Wildman–Crippen MR) is 131 cm³/mol. The fourth-order valence-electron chi connectivity index (χ4n) is 3.81. The second-order valence-corrected chi connectivity index (χ2v) is 9.50. The molecule has 1 N–H and O–H groups in total. The quantitative estimate of drug-likeness (QED) is 0.513. The Balaban J connectivity index is 1.48. The van der Waals surface area contributed by atoms with E-state index in [4.69, 9.17) is 11.6 Å². The van der Waals surface area contributed by atoms with Crippen LogP contribution in [0.15, 0.2) is 83.8 Å². The van der Waals surface area contributed by atoms with Crippen molar-refractivity contribution in [3.05, 3.63) is 95.0 Å². The molecule has 3 aromatic rings. The first kappa shape index (κ1) is 22.4. The maximum atomic E-state index is 13.5. The van der Waals surface area contributed by atoms with Crippen molar-refractivity contribution in [3.8, 4) is 0 Å². The van der Waals surface area contributed by atoms with E-state index >= 15 is 0 Å². The summed E-state index contributed by atoms with van der Waals surface area (Å²) in [6.45, 7) is 2.79. The molecule has 2 amide bonds. The summed E-state index contributed by atoms with van der Waals surface area (Å²) in [6, 6.07) is 25.4. The topological polar surface area (TPSA) is 49.4 Å². The zero-order valence-electron chi connectivity index (χ0n) is 17.8. The molecule has 0 aliphatic carbocycles. The molecule has 32 heavy (non-hydrogen) atoms. The van der Waals surface area contributed by atoms with Gasteiger partial charge in [0.25, 0.3) is 0 Å². The van der Waals surface area contributed by atoms with Crippen molar-refractivity contribution in [3.63, 3.8) is 0 Å². The third-order valence-corrected chi connectivity index (χ3v) is 7.27. The van der Waals surface area contributed by atoms with E-state index in [1.165, 1.54) is 17.3 Å². The molecule has 1 aliphatic heterocycles. The molecule has 0 aromatic heterocycles. The van der Waals surface area contributed by atoms with Gasteiger partial charge in [-0.25, -0.2) is 0 Å². The molecule has 4 nitrogen and oxygen atoms in total. The molecule has 6 heteroatoms. The third kappa shape index (κ3) is 5.17. The summed E-state index contributed by atoms with van der Waals surface area (Å²) in [6.07, 6.45) is 0.759. The average molecular weight is 465 g/mol. The van der Waals surface area contributed by atoms with Gasteiger partial charge in [0.05, 0.1) is 18.2 Å². The standard InChI is InChI=1S/C26H25ClN2O2S/c1-18(25(30)28-15-14-19-8-3-2-4-9-19)24-26(31)29(17-20-10-7-11-21(27)16-20)22-12-5-6-13-23(22)32-24/h2-13,16,18,24H,14-15,17H2,1H3,(H,28,30)/t18-,24+/m1/s1. The van der Waals surface area contributed by atoms with Crippen molar-refractivity contribution in [2.75, 3.05) is 11.4 Å². The van der Waals surface area contributed by atoms with Crippen molar-refractivity contribution in [2.45, 2.75) is 30.0 Å². The van der Waals surface area contributed by atoms with Gasteiger partial charge in [0.15, 0.2) is 0 Å². The summed E-state index contributed by atoms with van der Waals surface area (Å²) < 4.78 is 0. The molecule has 164 valence electrons. The molecule has 3 aromatic carbocycles. The van der Waals surface area contributed by atoms with E-state index < -0.39 is 11.2 Å². The first-order chi connectivity index (χ1) is 15.5. The van der Waals surface area contributed by atoms with Crippen LogP contribution in [0.3, 0.4) is 0 Å². The Bertz CT molecular complexity index is 1110.